The van der Waals surface area contributed by atoms with Crippen LogP contribution in [0.5, 0.6) is 0 Å². The van der Waals surface area contributed by atoms with Gasteiger partial charge in [0.15, 0.2) is 0 Å². The predicted molar refractivity (Wildman–Crippen MR) is 66.3 cm³/mol. The lowest BCUT2D eigenvalue weighted by molar-refractivity contribution is -0.197. The Morgan fingerprint density at radius 1 is 1.40 bits per heavy atom. The summed E-state index contributed by atoms with van der Waals surface area (Å²) in [7, 11) is -3.32. The van der Waals surface area contributed by atoms with Crippen molar-refractivity contribution in [2.45, 2.75) is 12.3 Å². The van der Waals surface area contributed by atoms with Crippen LogP contribution in [0.3, 0.4) is 0 Å². The van der Waals surface area contributed by atoms with Crippen molar-refractivity contribution in [3.8, 4) is 0 Å². The molecule has 0 radical (unpaired) electrons. The molecule has 0 amide bonds. The average molecular weight is 310 g/mol. The maximum absolute atomic E-state index is 12.6. The van der Waals surface area contributed by atoms with E-state index in [4.69, 9.17) is 4.55 Å². The Morgan fingerprint density at radius 2 is 2.00 bits per heavy atom. The first-order chi connectivity index (χ1) is 8.99. The highest BCUT2D eigenvalue weighted by Gasteiger charge is 2.45. The fourth-order valence-corrected chi connectivity index (χ4v) is 2.00. The predicted octanol–water partition coefficient (Wildman–Crippen LogP) is -0.0795. The number of carbonyl (C=O) groups is 1. The molecule has 1 unspecified atom stereocenters. The summed E-state index contributed by atoms with van der Waals surface area (Å²) in [6.45, 7) is 0. The Hall–Kier alpha value is -1.55. The Bertz CT molecular complexity index is 599. The largest absolute Gasteiger partial charge is 0.448 e. The first-order valence-electron chi connectivity index (χ1n) is 5.28. The van der Waals surface area contributed by atoms with Gasteiger partial charge < -0.3 is 4.74 Å². The maximum atomic E-state index is 12.6. The first kappa shape index (κ1) is 16.5. The van der Waals surface area contributed by atoms with Crippen LogP contribution < -0.4 is 5.46 Å². The Balaban J connectivity index is 2.93. The molecule has 1 rings (SSSR count). The summed E-state index contributed by atoms with van der Waals surface area (Å²) in [4.78, 5) is 11.5. The van der Waals surface area contributed by atoms with Gasteiger partial charge in [-0.1, -0.05) is 23.7 Å². The van der Waals surface area contributed by atoms with Crippen molar-refractivity contribution in [1.82, 2.24) is 0 Å². The van der Waals surface area contributed by atoms with Crippen molar-refractivity contribution in [3.05, 3.63) is 29.8 Å². The zero-order valence-electron chi connectivity index (χ0n) is 10.2. The number of alkyl halides is 3. The van der Waals surface area contributed by atoms with E-state index in [2.05, 4.69) is 4.74 Å². The highest BCUT2D eigenvalue weighted by atomic mass is 32.2. The molecule has 0 aromatic heterocycles. The van der Waals surface area contributed by atoms with E-state index in [9.17, 15) is 26.4 Å². The van der Waals surface area contributed by atoms with Gasteiger partial charge >= 0.3 is 12.1 Å². The van der Waals surface area contributed by atoms with Gasteiger partial charge in [-0.05, 0) is 6.07 Å². The van der Waals surface area contributed by atoms with Crippen LogP contribution in [-0.2, 0) is 14.9 Å². The van der Waals surface area contributed by atoms with Crippen LogP contribution in [0.1, 0.15) is 10.4 Å². The standard InChI is InChI=1S/C10H10BF3O5S/c11-7-3-1-2-6(4-7)9(15)19-8(10(12,13)14)5-20(16,17)18/h1-4,8H,5,11H2,(H,16,17,18). The van der Waals surface area contributed by atoms with Crippen LogP contribution in [-0.4, -0.2) is 44.8 Å². The maximum Gasteiger partial charge on any atom is 0.426 e. The van der Waals surface area contributed by atoms with E-state index in [0.717, 1.165) is 0 Å². The Labute approximate surface area is 113 Å². The zero-order chi connectivity index (χ0) is 15.6. The van der Waals surface area contributed by atoms with Crippen LogP contribution in [0.15, 0.2) is 24.3 Å². The third-order valence-electron chi connectivity index (χ3n) is 2.23. The summed E-state index contributed by atoms with van der Waals surface area (Å²) in [5.74, 6) is -3.06. The average Bonchev–Trinajstić information content (AvgIpc) is 2.25. The fourth-order valence-electron chi connectivity index (χ4n) is 1.36. The molecule has 0 saturated carbocycles. The van der Waals surface area contributed by atoms with E-state index < -0.39 is 34.1 Å². The second-order valence-corrected chi connectivity index (χ2v) is 5.55. The van der Waals surface area contributed by atoms with Gasteiger partial charge in [0.05, 0.1) is 5.56 Å². The lowest BCUT2D eigenvalue weighted by Crippen LogP contribution is -2.39. The van der Waals surface area contributed by atoms with Crippen molar-refractivity contribution < 1.29 is 35.7 Å². The van der Waals surface area contributed by atoms with Crippen molar-refractivity contribution >= 4 is 29.4 Å². The summed E-state index contributed by atoms with van der Waals surface area (Å²) in [5.41, 5.74) is 0.479. The lowest BCUT2D eigenvalue weighted by Gasteiger charge is -2.19. The number of halogens is 3. The molecule has 1 atom stereocenters. The minimum absolute atomic E-state index is 0.144. The molecule has 0 heterocycles. The summed E-state index contributed by atoms with van der Waals surface area (Å²) in [6, 6.07) is 5.59. The van der Waals surface area contributed by atoms with Gasteiger partial charge in [-0.25, -0.2) is 4.79 Å². The third kappa shape index (κ3) is 5.21. The Kier molecular flexibility index (Phi) is 4.82. The summed E-state index contributed by atoms with van der Waals surface area (Å²) >= 11 is 0. The minimum atomic E-state index is -5.10. The molecule has 0 bridgehead atoms. The second-order valence-electron chi connectivity index (χ2n) is 4.05. The smallest absolute Gasteiger partial charge is 0.426 e. The number of esters is 1. The van der Waals surface area contributed by atoms with E-state index in [1.54, 1.807) is 13.9 Å². The molecular weight excluding hydrogens is 300 g/mol. The molecule has 1 N–H and O–H groups in total. The van der Waals surface area contributed by atoms with E-state index in [1.165, 1.54) is 18.2 Å². The molecule has 0 aliphatic carbocycles. The molecule has 1 aromatic carbocycles. The molecule has 0 aliphatic rings. The quantitative estimate of drug-likeness (QED) is 0.478. The fraction of sp³-hybridized carbons (Fsp3) is 0.300. The van der Waals surface area contributed by atoms with Crippen LogP contribution in [0.25, 0.3) is 0 Å². The van der Waals surface area contributed by atoms with Crippen molar-refractivity contribution in [2.75, 3.05) is 5.75 Å². The van der Waals surface area contributed by atoms with E-state index >= 15 is 0 Å². The van der Waals surface area contributed by atoms with Gasteiger partial charge in [0.25, 0.3) is 10.1 Å². The van der Waals surface area contributed by atoms with Crippen LogP contribution in [0, 0.1) is 0 Å². The molecule has 10 heteroatoms. The van der Waals surface area contributed by atoms with Crippen molar-refractivity contribution in [2.24, 2.45) is 0 Å². The number of hydrogen-bond donors (Lipinski definition) is 1. The normalized spacial score (nSPS) is 13.8. The van der Waals surface area contributed by atoms with Crippen LogP contribution in [0.2, 0.25) is 0 Å². The van der Waals surface area contributed by atoms with Gasteiger partial charge in [0.1, 0.15) is 13.6 Å². The highest BCUT2D eigenvalue weighted by molar-refractivity contribution is 7.85. The summed E-state index contributed by atoms with van der Waals surface area (Å²) < 4.78 is 71.3. The summed E-state index contributed by atoms with van der Waals surface area (Å²) in [6.07, 6.45) is -8.03. The molecule has 0 aliphatic heterocycles. The molecule has 5 nitrogen and oxygen atoms in total. The first-order valence-corrected chi connectivity index (χ1v) is 6.89. The molecule has 0 saturated heterocycles. The van der Waals surface area contributed by atoms with Crippen LogP contribution in [0.4, 0.5) is 13.2 Å². The number of carbonyl (C=O) groups excluding carboxylic acids is 1. The third-order valence-corrected chi connectivity index (χ3v) is 2.95. The SMILES string of the molecule is Bc1cccc(C(=O)OC(CS(=O)(=O)O)C(F)(F)F)c1. The lowest BCUT2D eigenvalue weighted by atomic mass is 9.94. The number of hydrogen-bond acceptors (Lipinski definition) is 4. The van der Waals surface area contributed by atoms with Gasteiger partial charge in [-0.2, -0.15) is 21.6 Å². The number of benzene rings is 1. The summed E-state index contributed by atoms with van der Waals surface area (Å²) in [5, 5.41) is 0. The van der Waals surface area contributed by atoms with Gasteiger partial charge in [-0.3, -0.25) is 4.55 Å². The highest BCUT2D eigenvalue weighted by Crippen LogP contribution is 2.25. The second kappa shape index (κ2) is 5.84. The Morgan fingerprint density at radius 3 is 2.45 bits per heavy atom. The number of ether oxygens (including phenoxy) is 1. The van der Waals surface area contributed by atoms with Gasteiger partial charge in [-0.15, -0.1) is 0 Å². The molecule has 0 spiro atoms. The van der Waals surface area contributed by atoms with Crippen molar-refractivity contribution in [1.29, 1.82) is 0 Å². The van der Waals surface area contributed by atoms with E-state index in [-0.39, 0.29) is 5.56 Å². The number of rotatable bonds is 4. The molecule has 0 fully saturated rings. The van der Waals surface area contributed by atoms with Gasteiger partial charge in [0, 0.05) is 0 Å². The molecule has 20 heavy (non-hydrogen) atoms. The zero-order valence-corrected chi connectivity index (χ0v) is 11.0. The molecule has 1 aromatic rings. The minimum Gasteiger partial charge on any atom is -0.448 e. The van der Waals surface area contributed by atoms with E-state index in [1.807, 2.05) is 0 Å². The molecule has 110 valence electrons. The monoisotopic (exact) mass is 310 g/mol. The topological polar surface area (TPSA) is 80.7 Å². The van der Waals surface area contributed by atoms with Crippen molar-refractivity contribution in [3.63, 3.8) is 0 Å². The van der Waals surface area contributed by atoms with Gasteiger partial charge in [0.2, 0.25) is 6.10 Å². The molecular formula is C10H10BF3O5S. The van der Waals surface area contributed by atoms with E-state index in [0.29, 0.717) is 5.46 Å². The van der Waals surface area contributed by atoms with Crippen LogP contribution >= 0.6 is 0 Å².